The molecule has 0 radical (unpaired) electrons. The topological polar surface area (TPSA) is 88.2 Å². The number of pyridine rings is 1. The fourth-order valence-corrected chi connectivity index (χ4v) is 3.71. The molecule has 0 saturated carbocycles. The van der Waals surface area contributed by atoms with E-state index in [9.17, 15) is 13.2 Å². The average Bonchev–Trinajstić information content (AvgIpc) is 2.74. The largest absolute Gasteiger partial charge is 0.344 e. The Kier molecular flexibility index (Phi) is 6.18. The normalized spacial score (nSPS) is 12.3. The molecule has 0 fully saturated rings. The van der Waals surface area contributed by atoms with Gasteiger partial charge in [0.15, 0.2) is 0 Å². The van der Waals surface area contributed by atoms with Crippen molar-refractivity contribution in [2.24, 2.45) is 0 Å². The highest BCUT2D eigenvalue weighted by atomic mass is 32.2. The van der Waals surface area contributed by atoms with E-state index in [-0.39, 0.29) is 29.0 Å². The molecule has 6 nitrogen and oxygen atoms in total. The van der Waals surface area contributed by atoms with Crippen LogP contribution in [0.5, 0.6) is 0 Å². The monoisotopic (exact) mass is 395 g/mol. The molecule has 1 amide bonds. The predicted molar refractivity (Wildman–Crippen MR) is 107 cm³/mol. The first-order valence-electron chi connectivity index (χ1n) is 8.81. The van der Waals surface area contributed by atoms with E-state index >= 15 is 0 Å². The van der Waals surface area contributed by atoms with Crippen molar-refractivity contribution in [1.29, 1.82) is 0 Å². The summed E-state index contributed by atoms with van der Waals surface area (Å²) in [7, 11) is -3.74. The molecule has 2 N–H and O–H groups in total. The molecule has 0 aliphatic heterocycles. The lowest BCUT2D eigenvalue weighted by atomic mass is 10.1. The third kappa shape index (κ3) is 5.03. The molecule has 0 aliphatic rings. The third-order valence-electron chi connectivity index (χ3n) is 4.19. The highest BCUT2D eigenvalue weighted by molar-refractivity contribution is 7.89. The maximum atomic E-state index is 12.6. The van der Waals surface area contributed by atoms with Crippen molar-refractivity contribution in [3.63, 3.8) is 0 Å². The van der Waals surface area contributed by atoms with Gasteiger partial charge in [0.2, 0.25) is 10.0 Å². The molecular formula is C21H21N3O3S. The van der Waals surface area contributed by atoms with Crippen LogP contribution in [0.15, 0.2) is 83.9 Å². The van der Waals surface area contributed by atoms with Crippen LogP contribution < -0.4 is 10.0 Å². The maximum Gasteiger partial charge on any atom is 0.251 e. The van der Waals surface area contributed by atoms with Gasteiger partial charge >= 0.3 is 0 Å². The second-order valence-corrected chi connectivity index (χ2v) is 8.05. The summed E-state index contributed by atoms with van der Waals surface area (Å²) in [6, 6.07) is 20.4. The number of hydrogen-bond acceptors (Lipinski definition) is 4. The second-order valence-electron chi connectivity index (χ2n) is 6.29. The number of nitrogens with one attached hydrogen (secondary N) is 2. The van der Waals surface area contributed by atoms with Gasteiger partial charge in [0.25, 0.3) is 5.91 Å². The van der Waals surface area contributed by atoms with Crippen LogP contribution in [0.2, 0.25) is 0 Å². The molecule has 0 spiro atoms. The third-order valence-corrected chi connectivity index (χ3v) is 5.59. The molecule has 3 rings (SSSR count). The van der Waals surface area contributed by atoms with Gasteiger partial charge in [-0.15, -0.1) is 0 Å². The van der Waals surface area contributed by atoms with Gasteiger partial charge in [-0.25, -0.2) is 13.1 Å². The van der Waals surface area contributed by atoms with E-state index in [1.165, 1.54) is 12.1 Å². The summed E-state index contributed by atoms with van der Waals surface area (Å²) < 4.78 is 27.7. The maximum absolute atomic E-state index is 12.6. The number of benzene rings is 2. The molecule has 1 aromatic heterocycles. The van der Waals surface area contributed by atoms with Gasteiger partial charge in [0.05, 0.1) is 16.6 Å². The van der Waals surface area contributed by atoms with Crippen LogP contribution >= 0.6 is 0 Å². The van der Waals surface area contributed by atoms with Gasteiger partial charge in [-0.3, -0.25) is 9.78 Å². The lowest BCUT2D eigenvalue weighted by Crippen LogP contribution is -2.28. The van der Waals surface area contributed by atoms with E-state index in [1.54, 1.807) is 24.4 Å². The van der Waals surface area contributed by atoms with Crippen molar-refractivity contribution in [3.05, 3.63) is 95.8 Å². The summed E-state index contributed by atoms with van der Waals surface area (Å²) in [4.78, 5) is 16.8. The van der Waals surface area contributed by atoms with E-state index in [1.807, 2.05) is 49.4 Å². The minimum Gasteiger partial charge on any atom is -0.344 e. The Morgan fingerprint density at radius 1 is 1.00 bits per heavy atom. The first-order chi connectivity index (χ1) is 13.5. The fourth-order valence-electron chi connectivity index (χ4n) is 2.65. The van der Waals surface area contributed by atoms with Crippen LogP contribution in [-0.4, -0.2) is 19.3 Å². The first-order valence-corrected chi connectivity index (χ1v) is 10.3. The van der Waals surface area contributed by atoms with Gasteiger partial charge in [0.1, 0.15) is 0 Å². The molecule has 0 unspecified atom stereocenters. The molecule has 0 bridgehead atoms. The number of sulfonamides is 1. The zero-order valence-corrected chi connectivity index (χ0v) is 16.2. The molecular weight excluding hydrogens is 374 g/mol. The highest BCUT2D eigenvalue weighted by Crippen LogP contribution is 2.14. The molecule has 0 aliphatic carbocycles. The lowest BCUT2D eigenvalue weighted by molar-refractivity contribution is 0.0939. The molecule has 0 saturated heterocycles. The van der Waals surface area contributed by atoms with Crippen LogP contribution in [0.4, 0.5) is 0 Å². The summed E-state index contributed by atoms with van der Waals surface area (Å²) in [6.07, 6.45) is 1.66. The number of amides is 1. The Labute approximate surface area is 164 Å². The minimum absolute atomic E-state index is 0.0431. The number of aromatic nitrogens is 1. The molecule has 144 valence electrons. The zero-order chi connectivity index (χ0) is 20.0. The Balaban J connectivity index is 1.71. The van der Waals surface area contributed by atoms with Crippen LogP contribution in [0.25, 0.3) is 0 Å². The van der Waals surface area contributed by atoms with Crippen molar-refractivity contribution in [2.45, 2.75) is 24.4 Å². The Bertz CT molecular complexity index is 1040. The number of rotatable bonds is 7. The molecule has 2 aromatic carbocycles. The lowest BCUT2D eigenvalue weighted by Gasteiger charge is -2.14. The zero-order valence-electron chi connectivity index (χ0n) is 15.4. The van der Waals surface area contributed by atoms with E-state index in [0.29, 0.717) is 0 Å². The summed E-state index contributed by atoms with van der Waals surface area (Å²) in [6.45, 7) is 2.00. The highest BCUT2D eigenvalue weighted by Gasteiger charge is 2.17. The minimum atomic E-state index is -3.74. The van der Waals surface area contributed by atoms with E-state index in [0.717, 1.165) is 11.3 Å². The summed E-state index contributed by atoms with van der Waals surface area (Å²) in [5.41, 5.74) is 1.85. The van der Waals surface area contributed by atoms with Crippen LogP contribution in [0, 0.1) is 0 Å². The van der Waals surface area contributed by atoms with Crippen molar-refractivity contribution >= 4 is 15.9 Å². The quantitative estimate of drug-likeness (QED) is 0.644. The summed E-state index contributed by atoms with van der Waals surface area (Å²) in [5, 5.41) is 2.83. The predicted octanol–water partition coefficient (Wildman–Crippen LogP) is 3.05. The molecule has 28 heavy (non-hydrogen) atoms. The summed E-state index contributed by atoms with van der Waals surface area (Å²) in [5.74, 6) is -0.363. The van der Waals surface area contributed by atoms with Crippen molar-refractivity contribution in [1.82, 2.24) is 15.0 Å². The Hall–Kier alpha value is -3.03. The SMILES string of the molecule is C[C@H](NC(=O)c1cccc(S(=O)(=O)NCc2ccccc2)c1)c1ccccn1. The number of carbonyl (C=O) groups excluding carboxylic acids is 1. The van der Waals surface area contributed by atoms with Gasteiger partial charge in [-0.1, -0.05) is 42.5 Å². The van der Waals surface area contributed by atoms with Gasteiger partial charge in [-0.2, -0.15) is 0 Å². The van der Waals surface area contributed by atoms with Crippen LogP contribution in [0.1, 0.15) is 34.6 Å². The van der Waals surface area contributed by atoms with Crippen molar-refractivity contribution < 1.29 is 13.2 Å². The van der Waals surface area contributed by atoms with E-state index in [4.69, 9.17) is 0 Å². The fraction of sp³-hybridized carbons (Fsp3) is 0.143. The van der Waals surface area contributed by atoms with Gasteiger partial charge in [0, 0.05) is 18.3 Å². The molecule has 1 atom stereocenters. The number of carbonyl (C=O) groups is 1. The van der Waals surface area contributed by atoms with Gasteiger partial charge < -0.3 is 5.32 Å². The Morgan fingerprint density at radius 2 is 1.75 bits per heavy atom. The van der Waals surface area contributed by atoms with Crippen molar-refractivity contribution in [2.75, 3.05) is 0 Å². The molecule has 1 heterocycles. The smallest absolute Gasteiger partial charge is 0.251 e. The number of hydrogen-bond donors (Lipinski definition) is 2. The molecule has 3 aromatic rings. The Morgan fingerprint density at radius 3 is 2.46 bits per heavy atom. The summed E-state index contributed by atoms with van der Waals surface area (Å²) >= 11 is 0. The van der Waals surface area contributed by atoms with Crippen molar-refractivity contribution in [3.8, 4) is 0 Å². The van der Waals surface area contributed by atoms with Crippen LogP contribution in [-0.2, 0) is 16.6 Å². The standard InChI is InChI=1S/C21H21N3O3S/c1-16(20-12-5-6-13-22-20)24-21(25)18-10-7-11-19(14-18)28(26,27)23-15-17-8-3-2-4-9-17/h2-14,16,23H,15H2,1H3,(H,24,25)/t16-/m0/s1. The van der Waals surface area contributed by atoms with E-state index < -0.39 is 10.0 Å². The number of nitrogens with zero attached hydrogens (tertiary/aromatic N) is 1. The average molecular weight is 395 g/mol. The second kappa shape index (κ2) is 8.77. The first kappa shape index (κ1) is 19.7. The molecule has 7 heteroatoms. The van der Waals surface area contributed by atoms with E-state index in [2.05, 4.69) is 15.0 Å². The van der Waals surface area contributed by atoms with Crippen LogP contribution in [0.3, 0.4) is 0 Å². The van der Waals surface area contributed by atoms with Gasteiger partial charge in [-0.05, 0) is 42.8 Å².